The first-order chi connectivity index (χ1) is 14.7. The highest BCUT2D eigenvalue weighted by molar-refractivity contribution is 7.13. The molecule has 4 heterocycles. The zero-order valence-corrected chi connectivity index (χ0v) is 16.4. The maximum Gasteiger partial charge on any atom is 0.262 e. The van der Waals surface area contributed by atoms with Crippen LogP contribution in [-0.2, 0) is 6.54 Å². The van der Waals surface area contributed by atoms with Gasteiger partial charge in [0, 0.05) is 22.8 Å². The van der Waals surface area contributed by atoms with Crippen LogP contribution in [0.25, 0.3) is 21.2 Å². The molecule has 2 aromatic heterocycles. The van der Waals surface area contributed by atoms with E-state index >= 15 is 0 Å². The number of ether oxygens (including phenoxy) is 2. The first kappa shape index (κ1) is 17.2. The number of fused-ring (bicyclic) bond motifs is 3. The van der Waals surface area contributed by atoms with Crippen LogP contribution < -0.4 is 9.47 Å². The minimum atomic E-state index is -0.288. The fraction of sp³-hybridized carbons (Fsp3) is 0.0870. The van der Waals surface area contributed by atoms with E-state index in [0.29, 0.717) is 22.6 Å². The third-order valence-electron chi connectivity index (χ3n) is 5.43. The van der Waals surface area contributed by atoms with E-state index in [2.05, 4.69) is 4.98 Å². The minimum Gasteiger partial charge on any atom is -0.454 e. The summed E-state index contributed by atoms with van der Waals surface area (Å²) in [4.78, 5) is 32.9. The van der Waals surface area contributed by atoms with E-state index in [-0.39, 0.29) is 25.2 Å². The van der Waals surface area contributed by atoms with Gasteiger partial charge >= 0.3 is 0 Å². The summed E-state index contributed by atoms with van der Waals surface area (Å²) < 4.78 is 11.1. The Morgan fingerprint density at radius 1 is 0.967 bits per heavy atom. The molecule has 0 aliphatic carbocycles. The Balaban J connectivity index is 1.58. The molecule has 7 heteroatoms. The van der Waals surface area contributed by atoms with Gasteiger partial charge in [0.2, 0.25) is 6.79 Å². The molecule has 0 unspecified atom stereocenters. The lowest BCUT2D eigenvalue weighted by Crippen LogP contribution is -2.29. The van der Waals surface area contributed by atoms with Crippen molar-refractivity contribution in [2.75, 3.05) is 6.79 Å². The van der Waals surface area contributed by atoms with E-state index in [1.165, 1.54) is 16.2 Å². The smallest absolute Gasteiger partial charge is 0.262 e. The van der Waals surface area contributed by atoms with Crippen molar-refractivity contribution in [1.29, 1.82) is 0 Å². The molecule has 0 saturated carbocycles. The molecule has 0 atom stereocenters. The topological polar surface area (TPSA) is 68.7 Å². The molecule has 0 N–H and O–H groups in total. The third-order valence-corrected chi connectivity index (χ3v) is 6.31. The quantitative estimate of drug-likeness (QED) is 0.462. The van der Waals surface area contributed by atoms with Crippen LogP contribution in [0.5, 0.6) is 11.5 Å². The first-order valence-electron chi connectivity index (χ1n) is 9.40. The van der Waals surface area contributed by atoms with Gasteiger partial charge in [0.15, 0.2) is 11.5 Å². The van der Waals surface area contributed by atoms with E-state index < -0.39 is 0 Å². The number of aromatic nitrogens is 1. The standard InChI is InChI=1S/C23H14N2O4S/c26-22-16-8-14-9-17-18(29-12-28-17)10-15(14)20(19-2-1-7-30-19)21(16)23(27)25(22)11-13-3-5-24-6-4-13/h1-10H,11-12H2. The van der Waals surface area contributed by atoms with Gasteiger partial charge in [0.1, 0.15) is 0 Å². The Bertz CT molecular complexity index is 1330. The molecule has 0 radical (unpaired) electrons. The van der Waals surface area contributed by atoms with E-state index in [1.807, 2.05) is 29.6 Å². The summed E-state index contributed by atoms with van der Waals surface area (Å²) in [5.74, 6) is 0.717. The molecule has 146 valence electrons. The van der Waals surface area contributed by atoms with Crippen molar-refractivity contribution in [1.82, 2.24) is 9.88 Å². The van der Waals surface area contributed by atoms with Crippen LogP contribution in [0.4, 0.5) is 0 Å². The summed E-state index contributed by atoms with van der Waals surface area (Å²) in [5.41, 5.74) is 2.49. The summed E-state index contributed by atoms with van der Waals surface area (Å²) >= 11 is 1.54. The lowest BCUT2D eigenvalue weighted by atomic mass is 9.93. The molecule has 6 rings (SSSR count). The van der Waals surface area contributed by atoms with Crippen molar-refractivity contribution in [2.24, 2.45) is 0 Å². The maximum atomic E-state index is 13.4. The van der Waals surface area contributed by atoms with Crippen LogP contribution in [0.3, 0.4) is 0 Å². The molecule has 0 fully saturated rings. The lowest BCUT2D eigenvalue weighted by Gasteiger charge is -2.14. The number of nitrogens with zero attached hydrogens (tertiary/aromatic N) is 2. The number of hydrogen-bond acceptors (Lipinski definition) is 6. The Hall–Kier alpha value is -3.71. The Morgan fingerprint density at radius 2 is 1.77 bits per heavy atom. The highest BCUT2D eigenvalue weighted by Crippen LogP contribution is 2.45. The van der Waals surface area contributed by atoms with E-state index in [1.54, 1.807) is 30.6 Å². The number of carbonyl (C=O) groups is 2. The van der Waals surface area contributed by atoms with Crippen molar-refractivity contribution in [2.45, 2.75) is 6.54 Å². The van der Waals surface area contributed by atoms with E-state index in [4.69, 9.17) is 9.47 Å². The van der Waals surface area contributed by atoms with Crippen molar-refractivity contribution < 1.29 is 19.1 Å². The van der Waals surface area contributed by atoms with Gasteiger partial charge in [-0.3, -0.25) is 19.5 Å². The average Bonchev–Trinajstić information content (AvgIpc) is 3.50. The Morgan fingerprint density at radius 3 is 2.53 bits per heavy atom. The number of benzene rings is 2. The predicted octanol–water partition coefficient (Wildman–Crippen LogP) is 4.49. The van der Waals surface area contributed by atoms with Crippen LogP contribution in [0, 0.1) is 0 Å². The second-order valence-corrected chi connectivity index (χ2v) is 8.08. The second-order valence-electron chi connectivity index (χ2n) is 7.13. The van der Waals surface area contributed by atoms with Gasteiger partial charge in [-0.25, -0.2) is 0 Å². The molecule has 6 nitrogen and oxygen atoms in total. The molecule has 2 aliphatic heterocycles. The van der Waals surface area contributed by atoms with Gasteiger partial charge in [0.25, 0.3) is 11.8 Å². The fourth-order valence-corrected chi connectivity index (χ4v) is 4.84. The van der Waals surface area contributed by atoms with Crippen molar-refractivity contribution >= 4 is 33.9 Å². The zero-order chi connectivity index (χ0) is 20.2. The summed E-state index contributed by atoms with van der Waals surface area (Å²) in [6.07, 6.45) is 3.31. The number of carbonyl (C=O) groups excluding carboxylic acids is 2. The zero-order valence-electron chi connectivity index (χ0n) is 15.6. The summed E-state index contributed by atoms with van der Waals surface area (Å²) in [7, 11) is 0. The van der Waals surface area contributed by atoms with Gasteiger partial charge in [-0.2, -0.15) is 0 Å². The van der Waals surface area contributed by atoms with Crippen LogP contribution in [0.2, 0.25) is 0 Å². The third kappa shape index (κ3) is 2.45. The van der Waals surface area contributed by atoms with Crippen molar-refractivity contribution in [3.63, 3.8) is 0 Å². The minimum absolute atomic E-state index is 0.164. The van der Waals surface area contributed by atoms with Crippen LogP contribution in [-0.4, -0.2) is 28.5 Å². The van der Waals surface area contributed by atoms with Gasteiger partial charge < -0.3 is 9.47 Å². The van der Waals surface area contributed by atoms with Gasteiger partial charge in [-0.15, -0.1) is 11.3 Å². The van der Waals surface area contributed by atoms with Gasteiger partial charge in [-0.1, -0.05) is 6.07 Å². The molecule has 30 heavy (non-hydrogen) atoms. The molecule has 2 amide bonds. The summed E-state index contributed by atoms with van der Waals surface area (Å²) in [5, 5.41) is 3.67. The summed E-state index contributed by atoms with van der Waals surface area (Å²) in [6, 6.07) is 13.1. The molecule has 4 aromatic rings. The fourth-order valence-electron chi connectivity index (χ4n) is 4.05. The van der Waals surface area contributed by atoms with Crippen molar-refractivity contribution in [3.8, 4) is 21.9 Å². The highest BCUT2D eigenvalue weighted by atomic mass is 32.1. The molecule has 0 spiro atoms. The molecule has 2 aromatic carbocycles. The number of thiophene rings is 1. The average molecular weight is 414 g/mol. The Labute approximate surface area is 175 Å². The molecular formula is C23H14N2O4S. The summed E-state index contributed by atoms with van der Waals surface area (Å²) in [6.45, 7) is 0.370. The number of imide groups is 1. The van der Waals surface area contributed by atoms with Crippen LogP contribution in [0.15, 0.2) is 60.2 Å². The normalized spacial score (nSPS) is 14.6. The Kier molecular flexibility index (Phi) is 3.66. The van der Waals surface area contributed by atoms with Crippen LogP contribution in [0.1, 0.15) is 26.3 Å². The number of amides is 2. The molecule has 0 saturated heterocycles. The maximum absolute atomic E-state index is 13.4. The van der Waals surface area contributed by atoms with Crippen molar-refractivity contribution in [3.05, 3.63) is 76.9 Å². The van der Waals surface area contributed by atoms with Gasteiger partial charge in [0.05, 0.1) is 17.7 Å². The molecule has 2 aliphatic rings. The van der Waals surface area contributed by atoms with E-state index in [9.17, 15) is 9.59 Å². The van der Waals surface area contributed by atoms with Crippen LogP contribution >= 0.6 is 11.3 Å². The first-order valence-corrected chi connectivity index (χ1v) is 10.3. The number of pyridine rings is 1. The second kappa shape index (κ2) is 6.40. The van der Waals surface area contributed by atoms with E-state index in [0.717, 1.165) is 26.8 Å². The predicted molar refractivity (Wildman–Crippen MR) is 112 cm³/mol. The molecule has 0 bridgehead atoms. The molecular weight excluding hydrogens is 400 g/mol. The monoisotopic (exact) mass is 414 g/mol. The van der Waals surface area contributed by atoms with Gasteiger partial charge in [-0.05, 0) is 58.1 Å². The number of hydrogen-bond donors (Lipinski definition) is 0. The lowest BCUT2D eigenvalue weighted by molar-refractivity contribution is 0.0642. The largest absolute Gasteiger partial charge is 0.454 e. The highest BCUT2D eigenvalue weighted by Gasteiger charge is 2.39. The SMILES string of the molecule is O=C1c2cc3cc4c(cc3c(-c3cccs3)c2C(=O)N1Cc1ccncc1)OCO4. The number of rotatable bonds is 3.